The third-order valence-electron chi connectivity index (χ3n) is 5.21. The van der Waals surface area contributed by atoms with E-state index >= 15 is 0 Å². The lowest BCUT2D eigenvalue weighted by Gasteiger charge is -2.38. The van der Waals surface area contributed by atoms with Crippen LogP contribution in [0.4, 0.5) is 4.79 Å². The molecule has 1 aromatic rings. The Morgan fingerprint density at radius 1 is 1.22 bits per heavy atom. The smallest absolute Gasteiger partial charge is 0.317 e. The van der Waals surface area contributed by atoms with E-state index in [0.29, 0.717) is 31.3 Å². The molecule has 1 saturated heterocycles. The molecule has 2 rings (SSSR count). The van der Waals surface area contributed by atoms with Crippen LogP contribution in [0.3, 0.4) is 0 Å². The Kier molecular flexibility index (Phi) is 7.95. The Bertz CT molecular complexity index is 616. The van der Waals surface area contributed by atoms with Crippen LogP contribution in [-0.4, -0.2) is 43.1 Å². The minimum atomic E-state index is 0.00542. The van der Waals surface area contributed by atoms with E-state index in [2.05, 4.69) is 17.6 Å². The molecule has 0 spiro atoms. The van der Waals surface area contributed by atoms with Crippen LogP contribution in [0.5, 0.6) is 5.75 Å². The number of urea groups is 1. The molecule has 1 aliphatic rings. The largest absolute Gasteiger partial charge is 0.497 e. The first kappa shape index (κ1) is 21.1. The number of methoxy groups -OCH3 is 1. The highest BCUT2D eigenvalue weighted by Crippen LogP contribution is 2.29. The van der Waals surface area contributed by atoms with Gasteiger partial charge in [-0.25, -0.2) is 4.79 Å². The molecule has 6 nitrogen and oxygen atoms in total. The quantitative estimate of drug-likeness (QED) is 0.769. The number of hydrogen-bond donors (Lipinski definition) is 2. The summed E-state index contributed by atoms with van der Waals surface area (Å²) in [5, 5.41) is 5.97. The van der Waals surface area contributed by atoms with Gasteiger partial charge in [0.25, 0.3) is 0 Å². The molecule has 150 valence electrons. The van der Waals surface area contributed by atoms with Gasteiger partial charge in [-0.1, -0.05) is 25.5 Å². The average molecular weight is 376 g/mol. The fourth-order valence-electron chi connectivity index (χ4n) is 3.59. The van der Waals surface area contributed by atoms with E-state index in [-0.39, 0.29) is 18.0 Å². The van der Waals surface area contributed by atoms with Crippen molar-refractivity contribution < 1.29 is 14.3 Å². The van der Waals surface area contributed by atoms with Gasteiger partial charge in [-0.05, 0) is 49.8 Å². The second-order valence-electron chi connectivity index (χ2n) is 7.60. The van der Waals surface area contributed by atoms with Gasteiger partial charge in [0.1, 0.15) is 5.75 Å². The minimum absolute atomic E-state index is 0.00542. The molecule has 0 aromatic heterocycles. The fraction of sp³-hybridized carbons (Fsp3) is 0.619. The number of carbonyl (C=O) groups is 2. The zero-order valence-corrected chi connectivity index (χ0v) is 17.0. The first-order valence-corrected chi connectivity index (χ1v) is 9.88. The molecule has 3 amide bonds. The van der Waals surface area contributed by atoms with Crippen LogP contribution in [0.25, 0.3) is 0 Å². The van der Waals surface area contributed by atoms with Gasteiger partial charge in [-0.3, -0.25) is 4.79 Å². The summed E-state index contributed by atoms with van der Waals surface area (Å²) < 4.78 is 5.15. The third-order valence-corrected chi connectivity index (χ3v) is 5.21. The van der Waals surface area contributed by atoms with Gasteiger partial charge in [0.15, 0.2) is 0 Å². The lowest BCUT2D eigenvalue weighted by Crippen LogP contribution is -2.50. The summed E-state index contributed by atoms with van der Waals surface area (Å²) in [5.41, 5.74) is 1.05. The predicted octanol–water partition coefficient (Wildman–Crippen LogP) is 3.17. The lowest BCUT2D eigenvalue weighted by molar-refractivity contribution is -0.123. The second-order valence-corrected chi connectivity index (χ2v) is 7.60. The number of carbonyl (C=O) groups excluding carboxylic acids is 2. The van der Waals surface area contributed by atoms with E-state index in [1.165, 1.54) is 0 Å². The summed E-state index contributed by atoms with van der Waals surface area (Å²) in [4.78, 5) is 26.5. The van der Waals surface area contributed by atoms with E-state index in [1.54, 1.807) is 7.11 Å². The molecular formula is C21H33N3O3. The van der Waals surface area contributed by atoms with Gasteiger partial charge in [-0.2, -0.15) is 0 Å². The molecule has 2 atom stereocenters. The maximum atomic E-state index is 12.4. The van der Waals surface area contributed by atoms with E-state index in [1.807, 2.05) is 43.0 Å². The number of benzene rings is 1. The highest BCUT2D eigenvalue weighted by Gasteiger charge is 2.31. The van der Waals surface area contributed by atoms with E-state index < -0.39 is 0 Å². The number of hydrogen-bond acceptors (Lipinski definition) is 3. The van der Waals surface area contributed by atoms with Crippen molar-refractivity contribution in [3.8, 4) is 5.75 Å². The number of ether oxygens (including phenoxy) is 1. The standard InChI is InChI=1S/C21H33N3O3/c1-5-17-14-24(21(26)23-15(2)3)11-10-18(17)12-20(25)22-13-16-6-8-19(27-4)9-7-16/h6-9,15,17-18H,5,10-14H2,1-4H3,(H,22,25)(H,23,26)/t17-,18+/m1/s1. The molecule has 0 unspecified atom stereocenters. The Morgan fingerprint density at radius 2 is 1.93 bits per heavy atom. The van der Waals surface area contributed by atoms with Crippen LogP contribution < -0.4 is 15.4 Å². The summed E-state index contributed by atoms with van der Waals surface area (Å²) in [6, 6.07) is 7.85. The first-order chi connectivity index (χ1) is 12.9. The number of likely N-dealkylation sites (tertiary alicyclic amines) is 1. The molecule has 1 aromatic carbocycles. The predicted molar refractivity (Wildman–Crippen MR) is 107 cm³/mol. The van der Waals surface area contributed by atoms with Crippen molar-refractivity contribution in [2.24, 2.45) is 11.8 Å². The molecule has 0 bridgehead atoms. The van der Waals surface area contributed by atoms with Crippen molar-refractivity contribution in [3.05, 3.63) is 29.8 Å². The topological polar surface area (TPSA) is 70.7 Å². The van der Waals surface area contributed by atoms with Crippen molar-refractivity contribution in [2.75, 3.05) is 20.2 Å². The highest BCUT2D eigenvalue weighted by atomic mass is 16.5. The summed E-state index contributed by atoms with van der Waals surface area (Å²) in [5.74, 6) is 1.58. The monoisotopic (exact) mass is 375 g/mol. The van der Waals surface area contributed by atoms with Crippen molar-refractivity contribution >= 4 is 11.9 Å². The van der Waals surface area contributed by atoms with Crippen LogP contribution in [-0.2, 0) is 11.3 Å². The zero-order valence-electron chi connectivity index (χ0n) is 17.0. The van der Waals surface area contributed by atoms with Crippen molar-refractivity contribution in [1.82, 2.24) is 15.5 Å². The number of amides is 3. The van der Waals surface area contributed by atoms with Gasteiger partial charge in [0.05, 0.1) is 7.11 Å². The summed E-state index contributed by atoms with van der Waals surface area (Å²) in [6.07, 6.45) is 2.37. The second kappa shape index (κ2) is 10.2. The van der Waals surface area contributed by atoms with Gasteiger partial charge >= 0.3 is 6.03 Å². The lowest BCUT2D eigenvalue weighted by atomic mass is 9.81. The Morgan fingerprint density at radius 3 is 2.52 bits per heavy atom. The molecule has 27 heavy (non-hydrogen) atoms. The number of piperidine rings is 1. The number of rotatable bonds is 7. The van der Waals surface area contributed by atoms with E-state index in [0.717, 1.165) is 30.7 Å². The molecule has 0 saturated carbocycles. The SMILES string of the molecule is CC[C@@H]1CN(C(=O)NC(C)C)CC[C@H]1CC(=O)NCc1ccc(OC)cc1. The minimum Gasteiger partial charge on any atom is -0.497 e. The molecule has 2 N–H and O–H groups in total. The maximum Gasteiger partial charge on any atom is 0.317 e. The Balaban J connectivity index is 1.81. The molecule has 1 fully saturated rings. The molecule has 0 radical (unpaired) electrons. The first-order valence-electron chi connectivity index (χ1n) is 9.88. The third kappa shape index (κ3) is 6.45. The van der Waals surface area contributed by atoms with Crippen LogP contribution in [0.15, 0.2) is 24.3 Å². The van der Waals surface area contributed by atoms with E-state index in [9.17, 15) is 9.59 Å². The summed E-state index contributed by atoms with van der Waals surface area (Å²) in [7, 11) is 1.64. The van der Waals surface area contributed by atoms with Crippen molar-refractivity contribution in [3.63, 3.8) is 0 Å². The van der Waals surface area contributed by atoms with Crippen molar-refractivity contribution in [1.29, 1.82) is 0 Å². The molecular weight excluding hydrogens is 342 g/mol. The van der Waals surface area contributed by atoms with Gasteiger partial charge in [0.2, 0.25) is 5.91 Å². The average Bonchev–Trinajstić information content (AvgIpc) is 2.66. The zero-order chi connectivity index (χ0) is 19.8. The number of nitrogens with zero attached hydrogens (tertiary/aromatic N) is 1. The van der Waals surface area contributed by atoms with Gasteiger partial charge in [0, 0.05) is 32.1 Å². The van der Waals surface area contributed by atoms with Gasteiger partial charge in [-0.15, -0.1) is 0 Å². The molecule has 6 heteroatoms. The van der Waals surface area contributed by atoms with E-state index in [4.69, 9.17) is 4.74 Å². The molecule has 0 aliphatic carbocycles. The maximum absolute atomic E-state index is 12.4. The summed E-state index contributed by atoms with van der Waals surface area (Å²) in [6.45, 7) is 8.03. The van der Waals surface area contributed by atoms with Crippen LogP contribution in [0, 0.1) is 11.8 Å². The Labute approximate surface area is 162 Å². The normalized spacial score (nSPS) is 19.7. The van der Waals surface area contributed by atoms with Crippen molar-refractivity contribution in [2.45, 2.75) is 52.6 Å². The van der Waals surface area contributed by atoms with Crippen LogP contribution in [0.1, 0.15) is 45.6 Å². The summed E-state index contributed by atoms with van der Waals surface area (Å²) >= 11 is 0. The number of nitrogens with one attached hydrogen (secondary N) is 2. The van der Waals surface area contributed by atoms with Gasteiger partial charge < -0.3 is 20.3 Å². The van der Waals surface area contributed by atoms with Crippen LogP contribution in [0.2, 0.25) is 0 Å². The van der Waals surface area contributed by atoms with Crippen LogP contribution >= 0.6 is 0 Å². The fourth-order valence-corrected chi connectivity index (χ4v) is 3.59. The Hall–Kier alpha value is -2.24. The molecule has 1 aliphatic heterocycles. The highest BCUT2D eigenvalue weighted by molar-refractivity contribution is 5.76. The molecule has 1 heterocycles.